The Labute approximate surface area is 263 Å². The SMILES string of the molecule is CCC[CH2][Zr]1([CH2]CCC)[C]2(CC[C]13C(C)=Cc1c3cc3c4c(cccc14)CC3)C(C)=Cc1c2cc2c3c(cccc13)CC2. The number of benzene rings is 4. The fourth-order valence-corrected chi connectivity index (χ4v) is 33.8. The Kier molecular flexibility index (Phi) is 5.92. The third-order valence-corrected chi connectivity index (χ3v) is 31.9. The molecule has 1 heteroatoms. The van der Waals surface area contributed by atoms with Crippen molar-refractivity contribution in [3.8, 4) is 0 Å². The minimum atomic E-state index is -3.24. The molecule has 0 radical (unpaired) electrons. The maximum absolute atomic E-state index is 3.24. The van der Waals surface area contributed by atoms with Gasteiger partial charge in [-0.05, 0) is 0 Å². The van der Waals surface area contributed by atoms with Gasteiger partial charge in [0.05, 0.1) is 0 Å². The van der Waals surface area contributed by atoms with E-state index in [1.165, 1.54) is 72.5 Å². The summed E-state index contributed by atoms with van der Waals surface area (Å²) in [5.41, 5.74) is 16.8. The van der Waals surface area contributed by atoms with Gasteiger partial charge in [-0.1, -0.05) is 0 Å². The molecule has 2 atom stereocenters. The van der Waals surface area contributed by atoms with Crippen molar-refractivity contribution in [1.82, 2.24) is 0 Å². The first-order valence-corrected chi connectivity index (χ1v) is 23.5. The van der Waals surface area contributed by atoms with Crippen molar-refractivity contribution < 1.29 is 20.3 Å². The summed E-state index contributed by atoms with van der Waals surface area (Å²) in [6.45, 7) is 10.1. The van der Waals surface area contributed by atoms with Crippen LogP contribution in [0, 0.1) is 0 Å². The molecule has 4 aromatic carbocycles. The van der Waals surface area contributed by atoms with Crippen LogP contribution in [0.15, 0.2) is 59.7 Å². The molecule has 0 bridgehead atoms. The zero-order chi connectivity index (χ0) is 29.1. The summed E-state index contributed by atoms with van der Waals surface area (Å²) < 4.78 is 3.68. The number of unbranched alkanes of at least 4 members (excludes halogenated alkanes) is 2. The molecule has 1 heterocycles. The summed E-state index contributed by atoms with van der Waals surface area (Å²) in [6.07, 6.45) is 18.5. The summed E-state index contributed by atoms with van der Waals surface area (Å²) in [4.78, 5) is 0. The topological polar surface area (TPSA) is 0 Å². The van der Waals surface area contributed by atoms with Crippen LogP contribution in [-0.2, 0) is 52.2 Å². The zero-order valence-electron chi connectivity index (χ0n) is 26.8. The van der Waals surface area contributed by atoms with Gasteiger partial charge in [-0.2, -0.15) is 0 Å². The molecule has 4 aliphatic carbocycles. The van der Waals surface area contributed by atoms with Crippen LogP contribution in [0.4, 0.5) is 0 Å². The summed E-state index contributed by atoms with van der Waals surface area (Å²) in [6, 6.07) is 20.0. The van der Waals surface area contributed by atoms with E-state index < -0.39 is 20.3 Å². The standard InChI is InChI=1S/C34H28.2C4H9.Zr/c1-19-15-29-27-7-3-5-21-9-11-23(33(21)27)17-31(29)25(19)13-14-26-20(2)16-30-28-8-4-6-22-10-12-24(34(22)28)18-32(26)30;2*1-3-4-2;/h3-8,15-18H,9-14H2,1-2H3;2*1,3-4H2,2H3;. The molecule has 9 rings (SSSR count). The molecule has 218 valence electrons. The van der Waals surface area contributed by atoms with Crippen LogP contribution in [0.25, 0.3) is 33.7 Å². The molecule has 0 aromatic heterocycles. The van der Waals surface area contributed by atoms with Crippen LogP contribution < -0.4 is 0 Å². The first kappa shape index (κ1) is 27.1. The average molecular weight is 642 g/mol. The van der Waals surface area contributed by atoms with Gasteiger partial charge in [0.25, 0.3) is 0 Å². The van der Waals surface area contributed by atoms with Crippen molar-refractivity contribution >= 4 is 33.7 Å². The van der Waals surface area contributed by atoms with Gasteiger partial charge in [0.15, 0.2) is 0 Å². The van der Waals surface area contributed by atoms with E-state index in [2.05, 4.69) is 88.4 Å². The van der Waals surface area contributed by atoms with Gasteiger partial charge in [0.1, 0.15) is 0 Å². The van der Waals surface area contributed by atoms with E-state index in [0.29, 0.717) is 6.25 Å². The Morgan fingerprint density at radius 2 is 1.05 bits per heavy atom. The van der Waals surface area contributed by atoms with Crippen LogP contribution in [0.5, 0.6) is 0 Å². The van der Waals surface area contributed by atoms with E-state index in [1.807, 2.05) is 0 Å². The van der Waals surface area contributed by atoms with Crippen molar-refractivity contribution in [3.05, 3.63) is 104 Å². The molecule has 1 aliphatic heterocycles. The Morgan fingerprint density at radius 3 is 1.49 bits per heavy atom. The Hall–Kier alpha value is -2.24. The number of aryl methyl sites for hydroxylation is 4. The molecule has 5 aliphatic rings. The number of rotatable bonds is 6. The van der Waals surface area contributed by atoms with Crippen LogP contribution in [0.1, 0.15) is 111 Å². The molecule has 0 amide bonds. The monoisotopic (exact) mass is 640 g/mol. The van der Waals surface area contributed by atoms with Crippen LogP contribution in [0.3, 0.4) is 0 Å². The van der Waals surface area contributed by atoms with E-state index in [9.17, 15) is 0 Å². The van der Waals surface area contributed by atoms with E-state index in [4.69, 9.17) is 0 Å². The summed E-state index contributed by atoms with van der Waals surface area (Å²) in [7, 11) is 0. The van der Waals surface area contributed by atoms with E-state index in [0.717, 1.165) is 0 Å². The van der Waals surface area contributed by atoms with Crippen LogP contribution in [0.2, 0.25) is 8.26 Å². The molecule has 1 fully saturated rings. The quantitative estimate of drug-likeness (QED) is 0.196. The van der Waals surface area contributed by atoms with Crippen molar-refractivity contribution in [2.45, 2.75) is 106 Å². The van der Waals surface area contributed by atoms with E-state index in [-0.39, 0.29) is 0 Å². The van der Waals surface area contributed by atoms with Gasteiger partial charge in [-0.3, -0.25) is 0 Å². The fourth-order valence-electron chi connectivity index (χ4n) is 11.9. The number of hydrogen-bond donors (Lipinski definition) is 0. The second-order valence-corrected chi connectivity index (χ2v) is 26.9. The van der Waals surface area contributed by atoms with Gasteiger partial charge in [0, 0.05) is 0 Å². The second-order valence-electron chi connectivity index (χ2n) is 14.9. The van der Waals surface area contributed by atoms with Gasteiger partial charge in [-0.25, -0.2) is 0 Å². The molecular weight excluding hydrogens is 596 g/mol. The molecule has 4 aromatic rings. The Balaban J connectivity index is 1.37. The summed E-state index contributed by atoms with van der Waals surface area (Å²) in [5.74, 6) is 0. The molecular formula is C42H46Zr. The summed E-state index contributed by atoms with van der Waals surface area (Å²) >= 11 is -3.24. The van der Waals surface area contributed by atoms with Crippen molar-refractivity contribution in [3.63, 3.8) is 0 Å². The predicted molar refractivity (Wildman–Crippen MR) is 182 cm³/mol. The molecule has 0 N–H and O–H groups in total. The summed E-state index contributed by atoms with van der Waals surface area (Å²) in [5, 5.41) is 6.34. The van der Waals surface area contributed by atoms with Gasteiger partial charge < -0.3 is 0 Å². The van der Waals surface area contributed by atoms with Gasteiger partial charge in [-0.15, -0.1) is 0 Å². The molecule has 43 heavy (non-hydrogen) atoms. The molecule has 2 spiro atoms. The Bertz CT molecular complexity index is 1790. The second kappa shape index (κ2) is 9.39. The minimum absolute atomic E-state index is 0.311. The predicted octanol–water partition coefficient (Wildman–Crippen LogP) is 11.5. The average Bonchev–Trinajstić information content (AvgIpc) is 3.82. The zero-order valence-corrected chi connectivity index (χ0v) is 29.2. The van der Waals surface area contributed by atoms with Crippen molar-refractivity contribution in [2.75, 3.05) is 0 Å². The molecule has 2 unspecified atom stereocenters. The van der Waals surface area contributed by atoms with E-state index in [1.54, 1.807) is 77.2 Å². The number of fused-ring (bicyclic) bond motifs is 6. The third kappa shape index (κ3) is 3.12. The molecule has 1 saturated heterocycles. The van der Waals surface area contributed by atoms with Gasteiger partial charge in [0.2, 0.25) is 0 Å². The van der Waals surface area contributed by atoms with Crippen LogP contribution >= 0.6 is 0 Å². The van der Waals surface area contributed by atoms with Crippen molar-refractivity contribution in [2.24, 2.45) is 0 Å². The number of allylic oxidation sites excluding steroid dienone is 2. The maximum atomic E-state index is 2.80. The third-order valence-electron chi connectivity index (χ3n) is 13.5. The fraction of sp³-hybridized carbons (Fsp3) is 0.429. The van der Waals surface area contributed by atoms with Gasteiger partial charge >= 0.3 is 265 Å². The Morgan fingerprint density at radius 1 is 0.605 bits per heavy atom. The van der Waals surface area contributed by atoms with Crippen molar-refractivity contribution in [1.29, 1.82) is 0 Å². The first-order chi connectivity index (χ1) is 21.0. The first-order valence-electron chi connectivity index (χ1n) is 17.5. The number of hydrogen-bond acceptors (Lipinski definition) is 0. The normalized spacial score (nSPS) is 25.4. The van der Waals surface area contributed by atoms with E-state index >= 15 is 0 Å². The molecule has 0 saturated carbocycles. The molecule has 0 nitrogen and oxygen atoms in total. The van der Waals surface area contributed by atoms with Crippen LogP contribution in [-0.4, -0.2) is 0 Å².